The Morgan fingerprint density at radius 3 is 3.00 bits per heavy atom. The fourth-order valence-corrected chi connectivity index (χ4v) is 2.23. The predicted octanol–water partition coefficient (Wildman–Crippen LogP) is 1.49. The lowest BCUT2D eigenvalue weighted by molar-refractivity contribution is -0.142. The van der Waals surface area contributed by atoms with Crippen molar-refractivity contribution < 1.29 is 14.4 Å². The molecule has 1 aliphatic rings. The highest BCUT2D eigenvalue weighted by atomic mass is 16.5. The number of aliphatic carboxylic acids is 1. The summed E-state index contributed by atoms with van der Waals surface area (Å²) in [5, 5.41) is 13.0. The van der Waals surface area contributed by atoms with Crippen LogP contribution in [0.1, 0.15) is 38.0 Å². The molecule has 0 amide bonds. The molecule has 0 aliphatic heterocycles. The molecule has 6 nitrogen and oxygen atoms in total. The van der Waals surface area contributed by atoms with Crippen LogP contribution in [0.4, 0.5) is 5.95 Å². The van der Waals surface area contributed by atoms with E-state index in [0.29, 0.717) is 18.3 Å². The third kappa shape index (κ3) is 2.25. The molecule has 17 heavy (non-hydrogen) atoms. The van der Waals surface area contributed by atoms with Crippen LogP contribution in [-0.4, -0.2) is 34.8 Å². The van der Waals surface area contributed by atoms with Gasteiger partial charge < -0.3 is 14.5 Å². The molecule has 1 N–H and O–H groups in total. The van der Waals surface area contributed by atoms with Crippen LogP contribution in [0.25, 0.3) is 0 Å². The molecule has 0 saturated heterocycles. The Labute approximate surface area is 99.6 Å². The summed E-state index contributed by atoms with van der Waals surface area (Å²) in [5.41, 5.74) is 0. The first kappa shape index (κ1) is 11.9. The van der Waals surface area contributed by atoms with Crippen LogP contribution in [-0.2, 0) is 4.79 Å². The summed E-state index contributed by atoms with van der Waals surface area (Å²) < 4.78 is 5.19. The highest BCUT2D eigenvalue weighted by Gasteiger charge is 2.37. The second-order valence-electron chi connectivity index (χ2n) is 4.43. The Morgan fingerprint density at radius 2 is 2.35 bits per heavy atom. The topological polar surface area (TPSA) is 79.5 Å². The molecular formula is C11H17N3O3. The van der Waals surface area contributed by atoms with E-state index < -0.39 is 5.97 Å². The van der Waals surface area contributed by atoms with E-state index in [0.717, 1.165) is 19.4 Å². The number of anilines is 1. The Kier molecular flexibility index (Phi) is 3.31. The monoisotopic (exact) mass is 239 g/mol. The summed E-state index contributed by atoms with van der Waals surface area (Å²) in [5.74, 6) is -0.283. The maximum absolute atomic E-state index is 11.1. The predicted molar refractivity (Wildman–Crippen MR) is 61.0 cm³/mol. The smallest absolute Gasteiger partial charge is 0.307 e. The molecule has 1 saturated carbocycles. The van der Waals surface area contributed by atoms with Crippen molar-refractivity contribution in [2.75, 3.05) is 18.5 Å². The van der Waals surface area contributed by atoms with Crippen molar-refractivity contribution in [3.63, 3.8) is 0 Å². The van der Waals surface area contributed by atoms with Crippen molar-refractivity contribution in [1.29, 1.82) is 0 Å². The van der Waals surface area contributed by atoms with Crippen molar-refractivity contribution in [3.8, 4) is 0 Å². The standard InChI is InChI=1S/C11H17N3O3/c1-3-14(2)11-12-9(17-13-11)7-5-4-6-8(7)10(15)16/h7-8H,3-6H2,1-2H3,(H,15,16). The second-order valence-corrected chi connectivity index (χ2v) is 4.43. The summed E-state index contributed by atoms with van der Waals surface area (Å²) in [7, 11) is 1.87. The Morgan fingerprint density at radius 1 is 1.59 bits per heavy atom. The minimum absolute atomic E-state index is 0.126. The third-order valence-electron chi connectivity index (χ3n) is 3.40. The Balaban J connectivity index is 2.17. The largest absolute Gasteiger partial charge is 0.481 e. The van der Waals surface area contributed by atoms with Crippen LogP contribution in [0, 0.1) is 5.92 Å². The van der Waals surface area contributed by atoms with E-state index in [1.807, 2.05) is 18.9 Å². The zero-order chi connectivity index (χ0) is 12.4. The van der Waals surface area contributed by atoms with Crippen molar-refractivity contribution >= 4 is 11.9 Å². The lowest BCUT2D eigenvalue weighted by atomic mass is 9.96. The minimum Gasteiger partial charge on any atom is -0.481 e. The fraction of sp³-hybridized carbons (Fsp3) is 0.727. The maximum Gasteiger partial charge on any atom is 0.307 e. The van der Waals surface area contributed by atoms with E-state index in [1.54, 1.807) is 0 Å². The van der Waals surface area contributed by atoms with E-state index in [9.17, 15) is 4.79 Å². The van der Waals surface area contributed by atoms with Crippen molar-refractivity contribution in [2.24, 2.45) is 5.92 Å². The summed E-state index contributed by atoms with van der Waals surface area (Å²) in [4.78, 5) is 17.2. The van der Waals surface area contributed by atoms with Gasteiger partial charge in [-0.05, 0) is 24.9 Å². The van der Waals surface area contributed by atoms with Crippen molar-refractivity contribution in [2.45, 2.75) is 32.1 Å². The van der Waals surface area contributed by atoms with Crippen molar-refractivity contribution in [1.82, 2.24) is 10.1 Å². The van der Waals surface area contributed by atoms with Gasteiger partial charge in [0.05, 0.1) is 11.8 Å². The number of nitrogens with zero attached hydrogens (tertiary/aromatic N) is 3. The van der Waals surface area contributed by atoms with Gasteiger partial charge in [0.1, 0.15) is 0 Å². The van der Waals surface area contributed by atoms with Crippen molar-refractivity contribution in [3.05, 3.63) is 5.89 Å². The second kappa shape index (κ2) is 4.73. The molecule has 6 heteroatoms. The van der Waals surface area contributed by atoms with Gasteiger partial charge in [-0.15, -0.1) is 0 Å². The molecule has 0 spiro atoms. The fourth-order valence-electron chi connectivity index (χ4n) is 2.23. The van der Waals surface area contributed by atoms with E-state index in [1.165, 1.54) is 0 Å². The Hall–Kier alpha value is -1.59. The molecular weight excluding hydrogens is 222 g/mol. The number of hydrogen-bond acceptors (Lipinski definition) is 5. The van der Waals surface area contributed by atoms with Gasteiger partial charge in [0.25, 0.3) is 5.95 Å². The van der Waals surface area contributed by atoms with E-state index in [4.69, 9.17) is 9.63 Å². The summed E-state index contributed by atoms with van der Waals surface area (Å²) in [6.07, 6.45) is 2.42. The first-order chi connectivity index (χ1) is 8.13. The average Bonchev–Trinajstić information content (AvgIpc) is 2.95. The molecule has 1 aromatic rings. The first-order valence-electron chi connectivity index (χ1n) is 5.91. The molecule has 1 aliphatic carbocycles. The van der Waals surface area contributed by atoms with Crippen LogP contribution in [0.15, 0.2) is 4.52 Å². The van der Waals surface area contributed by atoms with E-state index in [-0.39, 0.29) is 11.8 Å². The van der Waals surface area contributed by atoms with Crippen LogP contribution >= 0.6 is 0 Å². The van der Waals surface area contributed by atoms with Gasteiger partial charge in [0.2, 0.25) is 5.89 Å². The van der Waals surface area contributed by atoms with E-state index >= 15 is 0 Å². The van der Waals surface area contributed by atoms with Gasteiger partial charge in [-0.1, -0.05) is 6.42 Å². The highest BCUT2D eigenvalue weighted by Crippen LogP contribution is 2.39. The molecule has 1 fully saturated rings. The molecule has 0 bridgehead atoms. The van der Waals surface area contributed by atoms with Gasteiger partial charge in [-0.3, -0.25) is 4.79 Å². The Bertz CT molecular complexity index is 404. The SMILES string of the molecule is CCN(C)c1noc(C2CCCC2C(=O)O)n1. The van der Waals surface area contributed by atoms with Crippen LogP contribution in [0.3, 0.4) is 0 Å². The van der Waals surface area contributed by atoms with Gasteiger partial charge in [-0.2, -0.15) is 4.98 Å². The molecule has 1 aromatic heterocycles. The molecule has 2 rings (SSSR count). The van der Waals surface area contributed by atoms with Gasteiger partial charge in [0, 0.05) is 13.6 Å². The number of hydrogen-bond donors (Lipinski definition) is 1. The number of aromatic nitrogens is 2. The van der Waals surface area contributed by atoms with E-state index in [2.05, 4.69) is 10.1 Å². The highest BCUT2D eigenvalue weighted by molar-refractivity contribution is 5.71. The lowest BCUT2D eigenvalue weighted by Gasteiger charge is -2.11. The van der Waals surface area contributed by atoms with Gasteiger partial charge in [-0.25, -0.2) is 0 Å². The normalized spacial score (nSPS) is 23.9. The minimum atomic E-state index is -0.768. The molecule has 0 radical (unpaired) electrons. The number of carboxylic acid groups (broad SMARTS) is 1. The molecule has 94 valence electrons. The lowest BCUT2D eigenvalue weighted by Crippen LogP contribution is -2.18. The maximum atomic E-state index is 11.1. The molecule has 2 atom stereocenters. The number of carboxylic acids is 1. The first-order valence-corrected chi connectivity index (χ1v) is 5.91. The molecule has 0 aromatic carbocycles. The summed E-state index contributed by atoms with van der Waals surface area (Å²) in [6.45, 7) is 2.78. The number of rotatable bonds is 4. The summed E-state index contributed by atoms with van der Waals surface area (Å²) in [6, 6.07) is 0. The van der Waals surface area contributed by atoms with Gasteiger partial charge >= 0.3 is 5.97 Å². The third-order valence-corrected chi connectivity index (χ3v) is 3.40. The molecule has 1 heterocycles. The quantitative estimate of drug-likeness (QED) is 0.857. The number of carbonyl (C=O) groups is 1. The van der Waals surface area contributed by atoms with Crippen LogP contribution in [0.5, 0.6) is 0 Å². The van der Waals surface area contributed by atoms with Gasteiger partial charge in [0.15, 0.2) is 0 Å². The zero-order valence-electron chi connectivity index (χ0n) is 10.1. The zero-order valence-corrected chi connectivity index (χ0v) is 10.1. The summed E-state index contributed by atoms with van der Waals surface area (Å²) >= 11 is 0. The average molecular weight is 239 g/mol. The van der Waals surface area contributed by atoms with Crippen LogP contribution in [0.2, 0.25) is 0 Å². The molecule has 2 unspecified atom stereocenters. The van der Waals surface area contributed by atoms with Crippen LogP contribution < -0.4 is 4.90 Å².